The van der Waals surface area contributed by atoms with E-state index in [1.165, 1.54) is 6.92 Å². The van der Waals surface area contributed by atoms with E-state index in [1.807, 2.05) is 0 Å². The number of hydrogen-bond acceptors (Lipinski definition) is 3. The maximum Gasteiger partial charge on any atom is 0.189 e. The standard InChI is InChI=1S/C10H10O3/c1-4-8(12)10(7(3)6-11)9(13)5-2/h4-6H,1-2H2,3H3. The summed E-state index contributed by atoms with van der Waals surface area (Å²) < 4.78 is 0. The van der Waals surface area contributed by atoms with Gasteiger partial charge in [0.2, 0.25) is 0 Å². The Labute approximate surface area is 76.4 Å². The van der Waals surface area contributed by atoms with Gasteiger partial charge < -0.3 is 0 Å². The molecule has 3 heteroatoms. The number of carbonyl (C=O) groups excluding carboxylic acids is 3. The van der Waals surface area contributed by atoms with Crippen molar-refractivity contribution in [1.29, 1.82) is 0 Å². The van der Waals surface area contributed by atoms with Gasteiger partial charge in [-0.05, 0) is 19.1 Å². The van der Waals surface area contributed by atoms with E-state index in [9.17, 15) is 14.4 Å². The van der Waals surface area contributed by atoms with Crippen LogP contribution in [0, 0.1) is 0 Å². The summed E-state index contributed by atoms with van der Waals surface area (Å²) in [7, 11) is 0. The van der Waals surface area contributed by atoms with Crippen LogP contribution >= 0.6 is 0 Å². The molecule has 0 aliphatic rings. The van der Waals surface area contributed by atoms with Crippen LogP contribution in [0.2, 0.25) is 0 Å². The predicted octanol–water partition coefficient (Wildman–Crippen LogP) is 1.01. The molecular weight excluding hydrogens is 168 g/mol. The van der Waals surface area contributed by atoms with Gasteiger partial charge in [-0.25, -0.2) is 0 Å². The molecule has 0 aliphatic heterocycles. The van der Waals surface area contributed by atoms with E-state index in [2.05, 4.69) is 13.2 Å². The predicted molar refractivity (Wildman–Crippen MR) is 49.2 cm³/mol. The highest BCUT2D eigenvalue weighted by atomic mass is 16.1. The number of allylic oxidation sites excluding steroid dienone is 4. The molecule has 0 bridgehead atoms. The molecule has 0 spiro atoms. The summed E-state index contributed by atoms with van der Waals surface area (Å²) in [5.74, 6) is -1.12. The van der Waals surface area contributed by atoms with Gasteiger partial charge in [0.15, 0.2) is 11.6 Å². The van der Waals surface area contributed by atoms with Crippen LogP contribution in [0.5, 0.6) is 0 Å². The Balaban J connectivity index is 5.33. The first-order valence-electron chi connectivity index (χ1n) is 3.58. The van der Waals surface area contributed by atoms with Crippen molar-refractivity contribution in [2.24, 2.45) is 0 Å². The summed E-state index contributed by atoms with van der Waals surface area (Å²) in [5, 5.41) is 0. The highest BCUT2D eigenvalue weighted by Crippen LogP contribution is 2.06. The molecule has 0 saturated carbocycles. The first-order chi connectivity index (χ1) is 6.08. The van der Waals surface area contributed by atoms with E-state index >= 15 is 0 Å². The summed E-state index contributed by atoms with van der Waals surface area (Å²) in [6.07, 6.45) is 2.44. The van der Waals surface area contributed by atoms with Crippen LogP contribution in [-0.4, -0.2) is 17.9 Å². The summed E-state index contributed by atoms with van der Waals surface area (Å²) >= 11 is 0. The Morgan fingerprint density at radius 1 is 1.08 bits per heavy atom. The van der Waals surface area contributed by atoms with Gasteiger partial charge in [0.05, 0.1) is 5.57 Å². The van der Waals surface area contributed by atoms with Gasteiger partial charge in [-0.3, -0.25) is 14.4 Å². The van der Waals surface area contributed by atoms with E-state index in [0.717, 1.165) is 12.2 Å². The Morgan fingerprint density at radius 3 is 1.69 bits per heavy atom. The van der Waals surface area contributed by atoms with E-state index in [-0.39, 0.29) is 11.1 Å². The zero-order valence-electron chi connectivity index (χ0n) is 7.37. The van der Waals surface area contributed by atoms with E-state index in [4.69, 9.17) is 0 Å². The fourth-order valence-electron chi connectivity index (χ4n) is 0.773. The molecule has 0 aliphatic carbocycles. The third kappa shape index (κ3) is 2.63. The van der Waals surface area contributed by atoms with E-state index in [0.29, 0.717) is 6.29 Å². The molecule has 0 radical (unpaired) electrons. The second kappa shape index (κ2) is 4.98. The summed E-state index contributed by atoms with van der Waals surface area (Å²) in [4.78, 5) is 32.6. The molecule has 0 fully saturated rings. The molecule has 0 saturated heterocycles. The topological polar surface area (TPSA) is 51.2 Å². The van der Waals surface area contributed by atoms with Crippen molar-refractivity contribution in [3.05, 3.63) is 36.5 Å². The lowest BCUT2D eigenvalue weighted by Gasteiger charge is -1.99. The number of aldehydes is 1. The smallest absolute Gasteiger partial charge is 0.189 e. The highest BCUT2D eigenvalue weighted by molar-refractivity contribution is 6.29. The summed E-state index contributed by atoms with van der Waals surface area (Å²) in [6, 6.07) is 0. The normalized spacial score (nSPS) is 8.38. The Bertz CT molecular complexity index is 286. The lowest BCUT2D eigenvalue weighted by molar-refractivity contribution is -0.117. The van der Waals surface area contributed by atoms with Crippen molar-refractivity contribution >= 4 is 17.9 Å². The number of ketones is 2. The summed E-state index contributed by atoms with van der Waals surface area (Å²) in [6.45, 7) is 7.85. The van der Waals surface area contributed by atoms with Crippen molar-refractivity contribution < 1.29 is 14.4 Å². The van der Waals surface area contributed by atoms with Crippen LogP contribution in [0.1, 0.15) is 6.92 Å². The molecule has 0 N–H and O–H groups in total. The monoisotopic (exact) mass is 178 g/mol. The Kier molecular flexibility index (Phi) is 4.30. The maximum absolute atomic E-state index is 11.1. The van der Waals surface area contributed by atoms with Crippen LogP contribution in [0.15, 0.2) is 36.5 Å². The molecule has 0 rings (SSSR count). The van der Waals surface area contributed by atoms with Crippen LogP contribution in [-0.2, 0) is 14.4 Å². The third-order valence-electron chi connectivity index (χ3n) is 1.43. The fraction of sp³-hybridized carbons (Fsp3) is 0.100. The minimum atomic E-state index is -0.561. The van der Waals surface area contributed by atoms with E-state index < -0.39 is 11.6 Å². The highest BCUT2D eigenvalue weighted by Gasteiger charge is 2.15. The van der Waals surface area contributed by atoms with Crippen LogP contribution < -0.4 is 0 Å². The quantitative estimate of drug-likeness (QED) is 0.273. The minimum absolute atomic E-state index is 0.0924. The molecular formula is C10H10O3. The second-order valence-corrected chi connectivity index (χ2v) is 2.31. The molecule has 0 amide bonds. The molecule has 0 heterocycles. The Hall–Kier alpha value is -1.77. The molecule has 0 aromatic carbocycles. The van der Waals surface area contributed by atoms with Crippen LogP contribution in [0.25, 0.3) is 0 Å². The van der Waals surface area contributed by atoms with Gasteiger partial charge in [-0.1, -0.05) is 13.2 Å². The largest absolute Gasteiger partial charge is 0.298 e. The van der Waals surface area contributed by atoms with Gasteiger partial charge in [0, 0.05) is 5.57 Å². The average molecular weight is 178 g/mol. The lowest BCUT2D eigenvalue weighted by Crippen LogP contribution is -2.11. The van der Waals surface area contributed by atoms with Crippen molar-refractivity contribution in [3.63, 3.8) is 0 Å². The molecule has 3 nitrogen and oxygen atoms in total. The van der Waals surface area contributed by atoms with Gasteiger partial charge in [-0.15, -0.1) is 0 Å². The van der Waals surface area contributed by atoms with Crippen molar-refractivity contribution in [3.8, 4) is 0 Å². The number of hydrogen-bond donors (Lipinski definition) is 0. The maximum atomic E-state index is 11.1. The first kappa shape index (κ1) is 11.2. The summed E-state index contributed by atoms with van der Waals surface area (Å²) in [5.41, 5.74) is -0.0743. The molecule has 0 unspecified atom stereocenters. The number of carbonyl (C=O) groups is 3. The van der Waals surface area contributed by atoms with Gasteiger partial charge in [0.1, 0.15) is 6.29 Å². The molecule has 0 aromatic rings. The molecule has 0 atom stereocenters. The fourth-order valence-corrected chi connectivity index (χ4v) is 0.773. The number of rotatable bonds is 5. The van der Waals surface area contributed by atoms with Gasteiger partial charge >= 0.3 is 0 Å². The molecule has 0 aromatic heterocycles. The van der Waals surface area contributed by atoms with Crippen LogP contribution in [0.3, 0.4) is 0 Å². The zero-order chi connectivity index (χ0) is 10.4. The van der Waals surface area contributed by atoms with E-state index in [1.54, 1.807) is 0 Å². The van der Waals surface area contributed by atoms with Crippen molar-refractivity contribution in [2.75, 3.05) is 0 Å². The average Bonchev–Trinajstić information content (AvgIpc) is 2.16. The third-order valence-corrected chi connectivity index (χ3v) is 1.43. The minimum Gasteiger partial charge on any atom is -0.298 e. The first-order valence-corrected chi connectivity index (χ1v) is 3.58. The molecule has 13 heavy (non-hydrogen) atoms. The lowest BCUT2D eigenvalue weighted by atomic mass is 10.0. The second-order valence-electron chi connectivity index (χ2n) is 2.31. The van der Waals surface area contributed by atoms with Crippen molar-refractivity contribution in [1.82, 2.24) is 0 Å². The zero-order valence-corrected chi connectivity index (χ0v) is 7.37. The Morgan fingerprint density at radius 2 is 1.46 bits per heavy atom. The van der Waals surface area contributed by atoms with Crippen LogP contribution in [0.4, 0.5) is 0 Å². The SMILES string of the molecule is C=CC(=O)C(C(=O)C=C)=C(C)C=O. The van der Waals surface area contributed by atoms with Crippen molar-refractivity contribution in [2.45, 2.75) is 6.92 Å². The molecule has 68 valence electrons. The van der Waals surface area contributed by atoms with Gasteiger partial charge in [0.25, 0.3) is 0 Å². The van der Waals surface area contributed by atoms with Gasteiger partial charge in [-0.2, -0.15) is 0 Å².